The van der Waals surface area contributed by atoms with Crippen LogP contribution in [0, 0.1) is 5.92 Å². The molecule has 3 aliphatic rings. The average molecular weight is 571 g/mol. The molecule has 10 nitrogen and oxygen atoms in total. The third kappa shape index (κ3) is 5.91. The Morgan fingerprint density at radius 1 is 1.31 bits per heavy atom. The Hall–Kier alpha value is -3.13. The molecule has 39 heavy (non-hydrogen) atoms. The summed E-state index contributed by atoms with van der Waals surface area (Å²) in [4.78, 5) is 26.7. The van der Waals surface area contributed by atoms with Crippen molar-refractivity contribution in [1.82, 2.24) is 19.8 Å². The molecular formula is C25H29F3N4O6S. The molecule has 2 heterocycles. The second-order valence-corrected chi connectivity index (χ2v) is 12.1. The Morgan fingerprint density at radius 3 is 2.77 bits per heavy atom. The summed E-state index contributed by atoms with van der Waals surface area (Å²) < 4.78 is 75.6. The number of ether oxygens (including phenoxy) is 2. The van der Waals surface area contributed by atoms with E-state index in [0.29, 0.717) is 31.0 Å². The molecule has 1 aliphatic heterocycles. The highest BCUT2D eigenvalue weighted by Gasteiger charge is 2.47. The zero-order chi connectivity index (χ0) is 28.0. The zero-order valence-electron chi connectivity index (χ0n) is 21.3. The fourth-order valence-corrected chi connectivity index (χ4v) is 6.18. The van der Waals surface area contributed by atoms with Crippen molar-refractivity contribution in [3.63, 3.8) is 0 Å². The summed E-state index contributed by atoms with van der Waals surface area (Å²) in [6, 6.07) is 4.65. The van der Waals surface area contributed by atoms with Crippen molar-refractivity contribution in [3.05, 3.63) is 46.3 Å². The standard InChI is InChI=1S/C25H29F3N4O6S/c1-37-10-11-39(35,36)31-23(34)21-20-19(30-32(21)9-7-15-2-3-15)13-24(29-22(20)33)8-6-16-12-17(4-5-18(16)24)38-14-25(26,27)28/h4-5,12,15H,2-3,6-11,13-14H2,1H3,(H,29,33)(H,31,34)/t24-/m0/s1. The van der Waals surface area contributed by atoms with Gasteiger partial charge in [0.2, 0.25) is 10.0 Å². The molecule has 14 heteroatoms. The lowest BCUT2D eigenvalue weighted by Crippen LogP contribution is -2.50. The molecule has 0 saturated heterocycles. The van der Waals surface area contributed by atoms with Crippen molar-refractivity contribution in [2.75, 3.05) is 26.1 Å². The number of carbonyl (C=O) groups is 2. The Bertz CT molecular complexity index is 1400. The summed E-state index contributed by atoms with van der Waals surface area (Å²) in [7, 11) is -2.66. The maximum atomic E-state index is 13.5. The Balaban J connectivity index is 1.44. The number of aromatic nitrogens is 2. The van der Waals surface area contributed by atoms with Crippen molar-refractivity contribution < 1.29 is 40.7 Å². The molecule has 1 spiro atoms. The van der Waals surface area contributed by atoms with E-state index >= 15 is 0 Å². The predicted molar refractivity (Wildman–Crippen MR) is 132 cm³/mol. The first-order valence-electron chi connectivity index (χ1n) is 12.7. The van der Waals surface area contributed by atoms with E-state index < -0.39 is 45.9 Å². The van der Waals surface area contributed by atoms with Gasteiger partial charge in [-0.2, -0.15) is 18.3 Å². The van der Waals surface area contributed by atoms with Crippen LogP contribution in [-0.4, -0.2) is 62.3 Å². The number of aryl methyl sites for hydroxylation is 2. The van der Waals surface area contributed by atoms with Crippen LogP contribution in [0.1, 0.15) is 63.4 Å². The van der Waals surface area contributed by atoms with Gasteiger partial charge in [0.25, 0.3) is 11.8 Å². The summed E-state index contributed by atoms with van der Waals surface area (Å²) >= 11 is 0. The quantitative estimate of drug-likeness (QED) is 0.449. The maximum absolute atomic E-state index is 13.5. The number of amides is 2. The van der Waals surface area contributed by atoms with Crippen LogP contribution >= 0.6 is 0 Å². The fraction of sp³-hybridized carbons (Fsp3) is 0.560. The highest BCUT2D eigenvalue weighted by molar-refractivity contribution is 7.90. The van der Waals surface area contributed by atoms with Gasteiger partial charge >= 0.3 is 6.18 Å². The molecule has 1 aromatic carbocycles. The van der Waals surface area contributed by atoms with E-state index in [9.17, 15) is 31.2 Å². The molecule has 212 valence electrons. The van der Waals surface area contributed by atoms with Gasteiger partial charge < -0.3 is 14.8 Å². The van der Waals surface area contributed by atoms with Crippen LogP contribution in [0.3, 0.4) is 0 Å². The largest absolute Gasteiger partial charge is 0.484 e. The number of nitrogens with zero attached hydrogens (tertiary/aromatic N) is 2. The fourth-order valence-electron chi connectivity index (χ4n) is 5.32. The predicted octanol–water partition coefficient (Wildman–Crippen LogP) is 2.46. The first kappa shape index (κ1) is 27.4. The van der Waals surface area contributed by atoms with Gasteiger partial charge in [0.15, 0.2) is 6.61 Å². The highest BCUT2D eigenvalue weighted by Crippen LogP contribution is 2.44. The number of alkyl halides is 3. The molecule has 2 N–H and O–H groups in total. The van der Waals surface area contributed by atoms with Gasteiger partial charge in [-0.3, -0.25) is 14.3 Å². The van der Waals surface area contributed by atoms with Crippen LogP contribution in [0.2, 0.25) is 0 Å². The molecule has 1 atom stereocenters. The van der Waals surface area contributed by atoms with E-state index in [1.807, 2.05) is 4.72 Å². The van der Waals surface area contributed by atoms with E-state index in [1.165, 1.54) is 17.9 Å². The van der Waals surface area contributed by atoms with Crippen LogP contribution in [0.5, 0.6) is 5.75 Å². The molecular weight excluding hydrogens is 541 g/mol. The molecule has 2 aliphatic carbocycles. The molecule has 1 fully saturated rings. The second-order valence-electron chi connectivity index (χ2n) is 10.3. The smallest absolute Gasteiger partial charge is 0.422 e. The van der Waals surface area contributed by atoms with Crippen LogP contribution in [0.15, 0.2) is 18.2 Å². The average Bonchev–Trinajstić information content (AvgIpc) is 3.53. The van der Waals surface area contributed by atoms with Crippen LogP contribution in [0.4, 0.5) is 13.2 Å². The number of nitrogens with one attached hydrogen (secondary N) is 2. The first-order valence-corrected chi connectivity index (χ1v) is 14.3. The third-order valence-corrected chi connectivity index (χ3v) is 8.56. The van der Waals surface area contributed by atoms with Crippen molar-refractivity contribution >= 4 is 21.8 Å². The van der Waals surface area contributed by atoms with Gasteiger partial charge in [-0.1, -0.05) is 18.9 Å². The Labute approximate surface area is 223 Å². The number of hydrogen-bond donors (Lipinski definition) is 2. The minimum absolute atomic E-state index is 0.0365. The molecule has 5 rings (SSSR count). The van der Waals surface area contributed by atoms with Crippen molar-refractivity contribution in [1.29, 1.82) is 0 Å². The second kappa shape index (κ2) is 10.1. The van der Waals surface area contributed by atoms with Crippen LogP contribution < -0.4 is 14.8 Å². The minimum atomic E-state index is -4.46. The summed E-state index contributed by atoms with van der Waals surface area (Å²) in [6.45, 7) is -1.15. The Morgan fingerprint density at radius 2 is 2.08 bits per heavy atom. The third-order valence-electron chi connectivity index (χ3n) is 7.36. The van der Waals surface area contributed by atoms with Crippen molar-refractivity contribution in [2.45, 2.75) is 56.8 Å². The van der Waals surface area contributed by atoms with E-state index in [2.05, 4.69) is 10.4 Å². The van der Waals surface area contributed by atoms with Gasteiger partial charge in [-0.15, -0.1) is 0 Å². The number of benzene rings is 1. The normalized spacial score (nSPS) is 20.5. The summed E-state index contributed by atoms with van der Waals surface area (Å²) in [5.41, 5.74) is 0.966. The molecule has 0 radical (unpaired) electrons. The lowest BCUT2D eigenvalue weighted by Gasteiger charge is -2.35. The monoisotopic (exact) mass is 570 g/mol. The Kier molecular flexibility index (Phi) is 7.12. The highest BCUT2D eigenvalue weighted by atomic mass is 32.2. The number of fused-ring (bicyclic) bond motifs is 3. The number of hydrogen-bond acceptors (Lipinski definition) is 7. The number of rotatable bonds is 10. The summed E-state index contributed by atoms with van der Waals surface area (Å²) in [5.74, 6) is -1.32. The van der Waals surface area contributed by atoms with Gasteiger partial charge in [-0.05, 0) is 48.4 Å². The molecule has 2 aromatic rings. The number of methoxy groups -OCH3 is 1. The lowest BCUT2D eigenvalue weighted by molar-refractivity contribution is -0.153. The van der Waals surface area contributed by atoms with E-state index in [1.54, 1.807) is 12.1 Å². The van der Waals surface area contributed by atoms with Gasteiger partial charge in [0, 0.05) is 20.1 Å². The van der Waals surface area contributed by atoms with Gasteiger partial charge in [0.05, 0.1) is 29.2 Å². The van der Waals surface area contributed by atoms with Gasteiger partial charge in [0.1, 0.15) is 11.4 Å². The van der Waals surface area contributed by atoms with Crippen LogP contribution in [-0.2, 0) is 39.7 Å². The molecule has 0 unspecified atom stereocenters. The lowest BCUT2D eigenvalue weighted by atomic mass is 9.82. The van der Waals surface area contributed by atoms with Crippen molar-refractivity contribution in [3.8, 4) is 5.75 Å². The molecule has 0 bridgehead atoms. The number of halogens is 3. The minimum Gasteiger partial charge on any atom is -0.484 e. The topological polar surface area (TPSA) is 129 Å². The zero-order valence-corrected chi connectivity index (χ0v) is 22.1. The van der Waals surface area contributed by atoms with Gasteiger partial charge in [-0.25, -0.2) is 13.1 Å². The molecule has 1 saturated carbocycles. The summed E-state index contributed by atoms with van der Waals surface area (Å²) in [5, 5.41) is 7.61. The molecule has 2 amide bonds. The van der Waals surface area contributed by atoms with E-state index in [4.69, 9.17) is 9.47 Å². The summed E-state index contributed by atoms with van der Waals surface area (Å²) in [6.07, 6.45) is -0.338. The van der Waals surface area contributed by atoms with E-state index in [-0.39, 0.29) is 30.0 Å². The maximum Gasteiger partial charge on any atom is 0.422 e. The van der Waals surface area contributed by atoms with Crippen LogP contribution in [0.25, 0.3) is 0 Å². The van der Waals surface area contributed by atoms with E-state index in [0.717, 1.165) is 30.4 Å². The number of carbonyl (C=O) groups excluding carboxylic acids is 2. The van der Waals surface area contributed by atoms with Crippen molar-refractivity contribution in [2.24, 2.45) is 5.92 Å². The molecule has 1 aromatic heterocycles. The first-order chi connectivity index (χ1) is 18.4. The number of sulfonamides is 1. The SMILES string of the molecule is COCCS(=O)(=O)NC(=O)c1c2c(nn1CCC1CC1)C[C@]1(CCc3cc(OCC(F)(F)F)ccc31)NC2=O.